The normalized spacial score (nSPS) is 18.0. The number of hydrogen-bond donors (Lipinski definition) is 0. The molecule has 0 saturated heterocycles. The second-order valence-electron chi connectivity index (χ2n) is 10.8. The average molecular weight is 479 g/mol. The topological polar surface area (TPSA) is 35.0 Å². The van der Waals surface area contributed by atoms with Crippen molar-refractivity contribution >= 4 is 0 Å². The Kier molecular flexibility index (Phi) is 13.2. The molecule has 1 aromatic carbocycles. The first-order valence-corrected chi connectivity index (χ1v) is 14.8. The van der Waals surface area contributed by atoms with Crippen molar-refractivity contribution in [2.75, 3.05) is 6.61 Å². The van der Waals surface area contributed by atoms with Crippen molar-refractivity contribution in [2.45, 2.75) is 123 Å². The SMILES string of the molecule is CCCCCCCCCOc1cnc(-c2ccc(CC[C@H]3CC[C@H](CCCCC)CC3)cc2)nc1. The van der Waals surface area contributed by atoms with Crippen molar-refractivity contribution in [3.63, 3.8) is 0 Å². The number of ether oxygens (including phenoxy) is 1. The summed E-state index contributed by atoms with van der Waals surface area (Å²) in [7, 11) is 0. The van der Waals surface area contributed by atoms with E-state index in [2.05, 4.69) is 48.1 Å². The molecule has 0 spiro atoms. The summed E-state index contributed by atoms with van der Waals surface area (Å²) in [4.78, 5) is 9.09. The number of aryl methyl sites for hydroxylation is 1. The number of benzene rings is 1. The van der Waals surface area contributed by atoms with Crippen LogP contribution in [0.5, 0.6) is 5.75 Å². The van der Waals surface area contributed by atoms with Gasteiger partial charge in [0.2, 0.25) is 0 Å². The van der Waals surface area contributed by atoms with Crippen LogP contribution in [-0.4, -0.2) is 16.6 Å². The lowest BCUT2D eigenvalue weighted by Crippen LogP contribution is -2.15. The predicted octanol–water partition coefficient (Wildman–Crippen LogP) is 9.59. The van der Waals surface area contributed by atoms with E-state index in [-0.39, 0.29) is 0 Å². The fourth-order valence-corrected chi connectivity index (χ4v) is 5.47. The van der Waals surface area contributed by atoms with Crippen molar-refractivity contribution in [2.24, 2.45) is 11.8 Å². The number of nitrogens with zero attached hydrogens (tertiary/aromatic N) is 2. The van der Waals surface area contributed by atoms with E-state index in [4.69, 9.17) is 4.74 Å². The van der Waals surface area contributed by atoms with E-state index in [9.17, 15) is 0 Å². The van der Waals surface area contributed by atoms with Crippen molar-refractivity contribution < 1.29 is 4.74 Å². The minimum absolute atomic E-state index is 0.756. The molecule has 35 heavy (non-hydrogen) atoms. The summed E-state index contributed by atoms with van der Waals surface area (Å²) in [6.07, 6.45) is 26.7. The zero-order valence-electron chi connectivity index (χ0n) is 22.6. The highest BCUT2D eigenvalue weighted by atomic mass is 16.5. The van der Waals surface area contributed by atoms with Crippen LogP contribution < -0.4 is 4.74 Å². The number of unbranched alkanes of at least 4 members (excludes halogenated alkanes) is 8. The van der Waals surface area contributed by atoms with Crippen LogP contribution in [0.3, 0.4) is 0 Å². The van der Waals surface area contributed by atoms with Crippen molar-refractivity contribution in [1.82, 2.24) is 9.97 Å². The Labute approximate surface area is 215 Å². The molecule has 3 nitrogen and oxygen atoms in total. The first kappa shape index (κ1) is 27.7. The van der Waals surface area contributed by atoms with Crippen LogP contribution in [0.2, 0.25) is 0 Å². The number of aromatic nitrogens is 2. The van der Waals surface area contributed by atoms with Gasteiger partial charge in [0, 0.05) is 5.56 Å². The largest absolute Gasteiger partial charge is 0.490 e. The zero-order chi connectivity index (χ0) is 24.6. The molecule has 0 radical (unpaired) electrons. The van der Waals surface area contributed by atoms with Crippen LogP contribution >= 0.6 is 0 Å². The van der Waals surface area contributed by atoms with E-state index >= 15 is 0 Å². The molecular weight excluding hydrogens is 428 g/mol. The molecule has 194 valence electrons. The van der Waals surface area contributed by atoms with Gasteiger partial charge >= 0.3 is 0 Å². The molecule has 3 heteroatoms. The predicted molar refractivity (Wildman–Crippen MR) is 149 cm³/mol. The lowest BCUT2D eigenvalue weighted by molar-refractivity contribution is 0.249. The molecule has 1 saturated carbocycles. The molecule has 1 aliphatic carbocycles. The van der Waals surface area contributed by atoms with Gasteiger partial charge in [-0.3, -0.25) is 0 Å². The molecule has 1 aromatic heterocycles. The van der Waals surface area contributed by atoms with Crippen molar-refractivity contribution in [1.29, 1.82) is 0 Å². The smallest absolute Gasteiger partial charge is 0.159 e. The third-order valence-electron chi connectivity index (χ3n) is 7.88. The Morgan fingerprint density at radius 1 is 0.686 bits per heavy atom. The minimum atomic E-state index is 0.756. The Morgan fingerprint density at radius 2 is 1.26 bits per heavy atom. The van der Waals surface area contributed by atoms with Crippen LogP contribution in [-0.2, 0) is 6.42 Å². The second-order valence-corrected chi connectivity index (χ2v) is 10.8. The third kappa shape index (κ3) is 10.7. The van der Waals surface area contributed by atoms with Gasteiger partial charge in [-0.15, -0.1) is 0 Å². The van der Waals surface area contributed by atoms with Gasteiger partial charge in [0.05, 0.1) is 19.0 Å². The number of rotatable bonds is 17. The Morgan fingerprint density at radius 3 is 1.91 bits per heavy atom. The van der Waals surface area contributed by atoms with Gasteiger partial charge in [0.15, 0.2) is 11.6 Å². The summed E-state index contributed by atoms with van der Waals surface area (Å²) in [5.41, 5.74) is 2.52. The van der Waals surface area contributed by atoms with Gasteiger partial charge in [-0.05, 0) is 36.7 Å². The molecule has 0 aliphatic heterocycles. The zero-order valence-corrected chi connectivity index (χ0v) is 22.6. The van der Waals surface area contributed by atoms with E-state index in [1.165, 1.54) is 108 Å². The molecule has 2 aromatic rings. The fourth-order valence-electron chi connectivity index (χ4n) is 5.47. The molecule has 1 fully saturated rings. The Hall–Kier alpha value is -1.90. The molecule has 0 amide bonds. The summed E-state index contributed by atoms with van der Waals surface area (Å²) >= 11 is 0. The molecule has 0 atom stereocenters. The van der Waals surface area contributed by atoms with Crippen molar-refractivity contribution in [3.8, 4) is 17.1 Å². The third-order valence-corrected chi connectivity index (χ3v) is 7.88. The maximum atomic E-state index is 5.84. The highest BCUT2D eigenvalue weighted by Crippen LogP contribution is 2.34. The maximum Gasteiger partial charge on any atom is 0.159 e. The molecular formula is C32H50N2O. The summed E-state index contributed by atoms with van der Waals surface area (Å²) in [5.74, 6) is 3.49. The van der Waals surface area contributed by atoms with E-state index < -0.39 is 0 Å². The van der Waals surface area contributed by atoms with Crippen molar-refractivity contribution in [3.05, 3.63) is 42.2 Å². The minimum Gasteiger partial charge on any atom is -0.490 e. The average Bonchev–Trinajstić information content (AvgIpc) is 2.90. The highest BCUT2D eigenvalue weighted by molar-refractivity contribution is 5.55. The van der Waals surface area contributed by atoms with Crippen LogP contribution in [0.25, 0.3) is 11.4 Å². The molecule has 0 bridgehead atoms. The lowest BCUT2D eigenvalue weighted by atomic mass is 9.78. The van der Waals surface area contributed by atoms with E-state index in [1.54, 1.807) is 0 Å². The van der Waals surface area contributed by atoms with Gasteiger partial charge in [-0.25, -0.2) is 9.97 Å². The number of hydrogen-bond acceptors (Lipinski definition) is 3. The summed E-state index contributed by atoms with van der Waals surface area (Å²) < 4.78 is 5.84. The van der Waals surface area contributed by atoms with E-state index in [1.807, 2.05) is 12.4 Å². The standard InChI is InChI=1S/C32H50N2O/c1-3-5-7-8-9-10-12-24-35-31-25-33-32(34-26-31)30-22-20-29(21-23-30)19-18-28-16-14-27(15-17-28)13-11-6-4-2/h20-23,25-28H,3-19,24H2,1-2H3/t27-,28-. The monoisotopic (exact) mass is 478 g/mol. The Balaban J connectivity index is 1.32. The van der Waals surface area contributed by atoms with Gasteiger partial charge < -0.3 is 4.74 Å². The molecule has 0 N–H and O–H groups in total. The summed E-state index contributed by atoms with van der Waals surface area (Å²) in [5, 5.41) is 0. The molecule has 1 heterocycles. The van der Waals surface area contributed by atoms with Crippen LogP contribution in [0.4, 0.5) is 0 Å². The fraction of sp³-hybridized carbons (Fsp3) is 0.688. The van der Waals surface area contributed by atoms with Gasteiger partial charge in [0.25, 0.3) is 0 Å². The van der Waals surface area contributed by atoms with E-state index in [0.717, 1.165) is 42.0 Å². The second kappa shape index (κ2) is 16.7. The quantitative estimate of drug-likeness (QED) is 0.212. The first-order chi connectivity index (χ1) is 17.3. The van der Waals surface area contributed by atoms with E-state index in [0.29, 0.717) is 0 Å². The molecule has 3 rings (SSSR count). The Bertz CT molecular complexity index is 778. The summed E-state index contributed by atoms with van der Waals surface area (Å²) in [6, 6.07) is 8.88. The van der Waals surface area contributed by atoms with Crippen LogP contribution in [0, 0.1) is 11.8 Å². The molecule has 0 unspecified atom stereocenters. The van der Waals surface area contributed by atoms with Gasteiger partial charge in [-0.1, -0.05) is 128 Å². The molecule has 1 aliphatic rings. The van der Waals surface area contributed by atoms with Gasteiger partial charge in [-0.2, -0.15) is 0 Å². The maximum absolute atomic E-state index is 5.84. The highest BCUT2D eigenvalue weighted by Gasteiger charge is 2.20. The van der Waals surface area contributed by atoms with Crippen LogP contribution in [0.15, 0.2) is 36.7 Å². The van der Waals surface area contributed by atoms with Gasteiger partial charge in [0.1, 0.15) is 0 Å². The van der Waals surface area contributed by atoms with Crippen LogP contribution in [0.1, 0.15) is 122 Å². The lowest BCUT2D eigenvalue weighted by Gasteiger charge is -2.28. The summed E-state index contributed by atoms with van der Waals surface area (Å²) in [6.45, 7) is 5.32. The first-order valence-electron chi connectivity index (χ1n) is 14.8.